The van der Waals surface area contributed by atoms with E-state index in [1.807, 2.05) is 42.5 Å². The summed E-state index contributed by atoms with van der Waals surface area (Å²) in [7, 11) is 0. The molecule has 0 fully saturated rings. The predicted octanol–water partition coefficient (Wildman–Crippen LogP) is 4.95. The maximum absolute atomic E-state index is 13.1. The number of nitrogens with one attached hydrogen (secondary N) is 3. The van der Waals surface area contributed by atoms with Gasteiger partial charge in [-0.15, -0.1) is 0 Å². The lowest BCUT2D eigenvalue weighted by atomic mass is 10.0. The Balaban J connectivity index is 1.68. The number of benzene rings is 2. The van der Waals surface area contributed by atoms with Crippen molar-refractivity contribution in [1.82, 2.24) is 15.6 Å². The Morgan fingerprint density at radius 2 is 1.38 bits per heavy atom. The molecule has 0 bridgehead atoms. The molecule has 0 unspecified atom stereocenters. The third-order valence-electron chi connectivity index (χ3n) is 5.98. The third-order valence-corrected chi connectivity index (χ3v) is 5.98. The molecule has 3 rings (SSSR count). The highest BCUT2D eigenvalue weighted by Gasteiger charge is 2.30. The summed E-state index contributed by atoms with van der Waals surface area (Å²) in [5.41, 5.74) is 0.966. The molecule has 1 aromatic heterocycles. The van der Waals surface area contributed by atoms with Crippen LogP contribution in [0, 0.1) is 0 Å². The highest BCUT2D eigenvalue weighted by atomic mass is 16.6. The molecule has 42 heavy (non-hydrogen) atoms. The Labute approximate surface area is 246 Å². The third kappa shape index (κ3) is 10.6. The van der Waals surface area contributed by atoms with Gasteiger partial charge in [0.25, 0.3) is 0 Å². The number of ether oxygens (including phenoxy) is 3. The summed E-state index contributed by atoms with van der Waals surface area (Å²) >= 11 is 0. The first kappa shape index (κ1) is 32.2. The Morgan fingerprint density at radius 1 is 0.786 bits per heavy atom. The van der Waals surface area contributed by atoms with Gasteiger partial charge in [0.2, 0.25) is 5.91 Å². The van der Waals surface area contributed by atoms with Crippen LogP contribution in [-0.4, -0.2) is 52.2 Å². The molecular weight excluding hydrogens is 538 g/mol. The van der Waals surface area contributed by atoms with Gasteiger partial charge in [-0.25, -0.2) is 14.4 Å². The van der Waals surface area contributed by atoms with Crippen LogP contribution in [0.15, 0.2) is 60.8 Å². The van der Waals surface area contributed by atoms with E-state index in [1.54, 1.807) is 59.9 Å². The van der Waals surface area contributed by atoms with Gasteiger partial charge in [0, 0.05) is 29.9 Å². The van der Waals surface area contributed by atoms with Crippen molar-refractivity contribution in [3.05, 3.63) is 71.9 Å². The van der Waals surface area contributed by atoms with Crippen LogP contribution in [0.4, 0.5) is 4.79 Å². The molecule has 10 nitrogen and oxygen atoms in total. The summed E-state index contributed by atoms with van der Waals surface area (Å²) in [6.07, 6.45) is 0.939. The zero-order chi connectivity index (χ0) is 30.9. The van der Waals surface area contributed by atoms with E-state index in [0.29, 0.717) is 0 Å². The van der Waals surface area contributed by atoms with Crippen molar-refractivity contribution in [2.24, 2.45) is 0 Å². The Kier molecular flexibility index (Phi) is 10.7. The number of H-pyrrole nitrogens is 1. The summed E-state index contributed by atoms with van der Waals surface area (Å²) < 4.78 is 16.3. The largest absolute Gasteiger partial charge is 0.458 e. The fraction of sp³-hybridized carbons (Fsp3) is 0.438. The fourth-order valence-electron chi connectivity index (χ4n) is 4.16. The van der Waals surface area contributed by atoms with Gasteiger partial charge in [-0.05, 0) is 65.2 Å². The Morgan fingerprint density at radius 3 is 2.02 bits per heavy atom. The minimum Gasteiger partial charge on any atom is -0.458 e. The molecule has 2 aromatic carbocycles. The van der Waals surface area contributed by atoms with Crippen LogP contribution < -0.4 is 10.6 Å². The topological polar surface area (TPSA) is 136 Å². The van der Waals surface area contributed by atoms with Crippen LogP contribution in [0.2, 0.25) is 0 Å². The summed E-state index contributed by atoms with van der Waals surface area (Å²) in [6, 6.07) is 14.6. The van der Waals surface area contributed by atoms with Gasteiger partial charge < -0.3 is 29.8 Å². The Bertz CT molecular complexity index is 1370. The van der Waals surface area contributed by atoms with E-state index in [1.165, 1.54) is 0 Å². The van der Waals surface area contributed by atoms with Gasteiger partial charge in [0.15, 0.2) is 0 Å². The molecule has 3 aromatic rings. The van der Waals surface area contributed by atoms with E-state index in [9.17, 15) is 19.2 Å². The minimum absolute atomic E-state index is 0.0135. The molecule has 2 amide bonds. The van der Waals surface area contributed by atoms with Crippen molar-refractivity contribution < 1.29 is 33.4 Å². The lowest BCUT2D eigenvalue weighted by Crippen LogP contribution is -2.47. The van der Waals surface area contributed by atoms with Crippen molar-refractivity contribution in [3.63, 3.8) is 0 Å². The molecule has 10 heteroatoms. The van der Waals surface area contributed by atoms with E-state index >= 15 is 0 Å². The highest BCUT2D eigenvalue weighted by Crippen LogP contribution is 2.20. The van der Waals surface area contributed by atoms with E-state index in [0.717, 1.165) is 22.0 Å². The van der Waals surface area contributed by atoms with E-state index in [-0.39, 0.29) is 25.9 Å². The van der Waals surface area contributed by atoms with Gasteiger partial charge in [-0.1, -0.05) is 48.5 Å². The van der Waals surface area contributed by atoms with Crippen molar-refractivity contribution in [1.29, 1.82) is 0 Å². The summed E-state index contributed by atoms with van der Waals surface area (Å²) in [5.74, 6) is -1.76. The second-order valence-electron chi connectivity index (χ2n) is 12.0. The zero-order valence-corrected chi connectivity index (χ0v) is 25.1. The van der Waals surface area contributed by atoms with Gasteiger partial charge in [0.1, 0.15) is 29.9 Å². The van der Waals surface area contributed by atoms with Crippen LogP contribution in [0.1, 0.15) is 65.5 Å². The van der Waals surface area contributed by atoms with Crippen LogP contribution in [0.3, 0.4) is 0 Å². The smallest absolute Gasteiger partial charge is 0.408 e. The molecule has 0 aliphatic carbocycles. The molecule has 1 heterocycles. The number of carbonyl (C=O) groups is 4. The molecule has 2 atom stereocenters. The molecule has 0 aliphatic heterocycles. The number of amides is 2. The summed E-state index contributed by atoms with van der Waals surface area (Å²) in [4.78, 5) is 54.8. The number of aromatic amines is 1. The number of rotatable bonds is 11. The number of para-hydroxylation sites is 1. The first-order chi connectivity index (χ1) is 19.7. The van der Waals surface area contributed by atoms with Crippen LogP contribution in [0.25, 0.3) is 10.9 Å². The second-order valence-corrected chi connectivity index (χ2v) is 12.0. The molecule has 226 valence electrons. The summed E-state index contributed by atoms with van der Waals surface area (Å²) in [5, 5.41) is 6.21. The van der Waals surface area contributed by atoms with Crippen molar-refractivity contribution >= 4 is 34.8 Å². The molecule has 0 saturated heterocycles. The molecule has 3 N–H and O–H groups in total. The van der Waals surface area contributed by atoms with Crippen molar-refractivity contribution in [3.8, 4) is 0 Å². The standard InChI is InChI=1S/C32H41N3O7/c1-31(2,3)41-28(37)25(35-30(39)40-20-21-12-8-7-9-13-21)16-17-27(36)34-26(29(38)42-32(4,5)6)18-22-19-33-24-15-11-10-14-23(22)24/h7-15,19,25-26,33H,16-18,20H2,1-6H3,(H,34,36)(H,35,39)/t25-,26-/m1/s1. The average molecular weight is 580 g/mol. The van der Waals surface area contributed by atoms with Crippen molar-refractivity contribution in [2.75, 3.05) is 0 Å². The monoisotopic (exact) mass is 579 g/mol. The number of aromatic nitrogens is 1. The fourth-order valence-corrected chi connectivity index (χ4v) is 4.16. The van der Waals surface area contributed by atoms with Gasteiger partial charge >= 0.3 is 18.0 Å². The molecule has 0 saturated carbocycles. The van der Waals surface area contributed by atoms with Crippen LogP contribution in [-0.2, 0) is 41.6 Å². The Hall–Kier alpha value is -4.34. The minimum atomic E-state index is -1.15. The lowest BCUT2D eigenvalue weighted by molar-refractivity contribution is -0.159. The van der Waals surface area contributed by atoms with Crippen LogP contribution >= 0.6 is 0 Å². The molecule has 0 radical (unpaired) electrons. The van der Waals surface area contributed by atoms with Crippen LogP contribution in [0.5, 0.6) is 0 Å². The number of hydrogen-bond acceptors (Lipinski definition) is 7. The van der Waals surface area contributed by atoms with Gasteiger partial charge in [-0.2, -0.15) is 0 Å². The normalized spacial score (nSPS) is 13.1. The number of fused-ring (bicyclic) bond motifs is 1. The summed E-state index contributed by atoms with van der Waals surface area (Å²) in [6.45, 7) is 10.4. The zero-order valence-electron chi connectivity index (χ0n) is 25.1. The molecule has 0 spiro atoms. The molecular formula is C32H41N3O7. The quantitative estimate of drug-likeness (QED) is 0.216. The number of carbonyl (C=O) groups excluding carboxylic acids is 4. The molecule has 0 aliphatic rings. The number of hydrogen-bond donors (Lipinski definition) is 3. The first-order valence-corrected chi connectivity index (χ1v) is 14.0. The maximum atomic E-state index is 13.1. The average Bonchev–Trinajstić information content (AvgIpc) is 3.31. The van der Waals surface area contributed by atoms with E-state index in [2.05, 4.69) is 15.6 Å². The first-order valence-electron chi connectivity index (χ1n) is 14.0. The highest BCUT2D eigenvalue weighted by molar-refractivity contribution is 5.88. The van der Waals surface area contributed by atoms with Gasteiger partial charge in [0.05, 0.1) is 0 Å². The SMILES string of the molecule is CC(C)(C)OC(=O)[C@@H](Cc1c[nH]c2ccccc12)NC(=O)CC[C@@H](NC(=O)OCc1ccccc1)C(=O)OC(C)(C)C. The second kappa shape index (κ2) is 14.0. The van der Waals surface area contributed by atoms with E-state index in [4.69, 9.17) is 14.2 Å². The predicted molar refractivity (Wildman–Crippen MR) is 158 cm³/mol. The maximum Gasteiger partial charge on any atom is 0.408 e. The van der Waals surface area contributed by atoms with Crippen molar-refractivity contribution in [2.45, 2.75) is 90.7 Å². The number of esters is 2. The van der Waals surface area contributed by atoms with Gasteiger partial charge in [-0.3, -0.25) is 4.79 Å². The number of alkyl carbamates (subject to hydrolysis) is 1. The van der Waals surface area contributed by atoms with E-state index < -0.39 is 47.2 Å². The lowest BCUT2D eigenvalue weighted by Gasteiger charge is -2.26.